The molecule has 0 aromatic rings. The lowest BCUT2D eigenvalue weighted by Gasteiger charge is -2.28. The van der Waals surface area contributed by atoms with E-state index in [1.165, 1.54) is 0 Å². The first-order valence-electron chi connectivity index (χ1n) is 4.90. The summed E-state index contributed by atoms with van der Waals surface area (Å²) in [5.74, 6) is 2.99. The maximum atomic E-state index is 11.6. The first-order chi connectivity index (χ1) is 6.50. The fraction of sp³-hybridized carbons (Fsp3) is 0.727. The van der Waals surface area contributed by atoms with Gasteiger partial charge in [0.25, 0.3) is 0 Å². The van der Waals surface area contributed by atoms with E-state index >= 15 is 0 Å². The largest absolute Gasteiger partial charge is 0.342 e. The van der Waals surface area contributed by atoms with Crippen molar-refractivity contribution in [1.82, 2.24) is 10.2 Å². The Kier molecular flexibility index (Phi) is 5.98. The monoisotopic (exact) mass is 196 g/mol. The molecule has 1 atom stereocenters. The van der Waals surface area contributed by atoms with E-state index in [0.717, 1.165) is 0 Å². The number of carbonyl (C=O) groups is 1. The van der Waals surface area contributed by atoms with Gasteiger partial charge in [0.2, 0.25) is 5.91 Å². The van der Waals surface area contributed by atoms with Gasteiger partial charge >= 0.3 is 0 Å². The van der Waals surface area contributed by atoms with Gasteiger partial charge in [0, 0.05) is 13.1 Å². The number of nitrogens with zero attached hydrogens (tertiary/aromatic N) is 1. The van der Waals surface area contributed by atoms with E-state index in [1.54, 1.807) is 4.90 Å². The summed E-state index contributed by atoms with van der Waals surface area (Å²) >= 11 is 0. The molecule has 1 N–H and O–H groups in total. The third-order valence-corrected chi connectivity index (χ3v) is 2.47. The van der Waals surface area contributed by atoms with Crippen LogP contribution >= 0.6 is 0 Å². The second kappa shape index (κ2) is 6.44. The maximum absolute atomic E-state index is 11.6. The molecule has 1 unspecified atom stereocenters. The van der Waals surface area contributed by atoms with Crippen molar-refractivity contribution in [3.63, 3.8) is 0 Å². The molecular formula is C11H20N2O. The predicted octanol–water partition coefficient (Wildman–Crippen LogP) is 0.712. The van der Waals surface area contributed by atoms with Gasteiger partial charge < -0.3 is 4.90 Å². The summed E-state index contributed by atoms with van der Waals surface area (Å²) in [5.41, 5.74) is 0. The van der Waals surface area contributed by atoms with Crippen molar-refractivity contribution >= 4 is 5.91 Å². The molecule has 0 radical (unpaired) electrons. The van der Waals surface area contributed by atoms with Gasteiger partial charge in [-0.3, -0.25) is 10.1 Å². The zero-order valence-corrected chi connectivity index (χ0v) is 9.50. The smallest absolute Gasteiger partial charge is 0.236 e. The number of likely N-dealkylation sites (N-methyl/N-ethyl adjacent to an activating group) is 1. The van der Waals surface area contributed by atoms with Crippen LogP contribution in [0, 0.1) is 18.3 Å². The Hall–Kier alpha value is -1.01. The zero-order chi connectivity index (χ0) is 11.1. The lowest BCUT2D eigenvalue weighted by atomic mass is 10.1. The molecule has 3 heteroatoms. The Morgan fingerprint density at radius 1 is 1.50 bits per heavy atom. The molecular weight excluding hydrogens is 176 g/mol. The minimum atomic E-state index is 0.0847. The molecule has 0 rings (SSSR count). The van der Waals surface area contributed by atoms with Crippen LogP contribution in [0.2, 0.25) is 0 Å². The van der Waals surface area contributed by atoms with Gasteiger partial charge in [0.1, 0.15) is 0 Å². The summed E-state index contributed by atoms with van der Waals surface area (Å²) in [6, 6.07) is 0.259. The van der Waals surface area contributed by atoms with E-state index in [0.29, 0.717) is 19.0 Å². The number of carbonyl (C=O) groups excluding carboxylic acids is 1. The summed E-state index contributed by atoms with van der Waals surface area (Å²) in [6.45, 7) is 7.00. The minimum Gasteiger partial charge on any atom is -0.342 e. The Bertz CT molecular complexity index is 218. The highest BCUT2D eigenvalue weighted by Gasteiger charge is 2.17. The van der Waals surface area contributed by atoms with Crippen LogP contribution in [0.25, 0.3) is 0 Å². The van der Waals surface area contributed by atoms with Crippen molar-refractivity contribution in [1.29, 1.82) is 0 Å². The van der Waals surface area contributed by atoms with E-state index in [9.17, 15) is 4.79 Å². The van der Waals surface area contributed by atoms with E-state index in [1.807, 2.05) is 14.0 Å². The summed E-state index contributed by atoms with van der Waals surface area (Å²) in [6.07, 6.45) is 5.06. The molecule has 0 aliphatic carbocycles. The molecule has 0 aliphatic rings. The summed E-state index contributed by atoms with van der Waals surface area (Å²) < 4.78 is 0. The van der Waals surface area contributed by atoms with Gasteiger partial charge in [-0.1, -0.05) is 19.8 Å². The Labute approximate surface area is 86.9 Å². The van der Waals surface area contributed by atoms with Crippen molar-refractivity contribution in [2.24, 2.45) is 5.92 Å². The molecule has 14 heavy (non-hydrogen) atoms. The molecule has 0 saturated carbocycles. The fourth-order valence-corrected chi connectivity index (χ4v) is 1.04. The quantitative estimate of drug-likeness (QED) is 0.519. The SMILES string of the molecule is C#CCNCC(=O)N(C)C(C)C(C)C. The molecule has 0 aliphatic heterocycles. The molecule has 0 aromatic carbocycles. The molecule has 0 heterocycles. The van der Waals surface area contributed by atoms with Crippen LogP contribution in [-0.2, 0) is 4.79 Å². The molecule has 0 aromatic heterocycles. The highest BCUT2D eigenvalue weighted by molar-refractivity contribution is 5.78. The van der Waals surface area contributed by atoms with E-state index in [2.05, 4.69) is 25.1 Å². The summed E-state index contributed by atoms with van der Waals surface area (Å²) in [7, 11) is 1.82. The Balaban J connectivity index is 3.94. The van der Waals surface area contributed by atoms with E-state index in [-0.39, 0.29) is 11.9 Å². The van der Waals surface area contributed by atoms with Crippen LogP contribution in [0.15, 0.2) is 0 Å². The summed E-state index contributed by atoms with van der Waals surface area (Å²) in [5, 5.41) is 2.88. The summed E-state index contributed by atoms with van der Waals surface area (Å²) in [4.78, 5) is 13.3. The van der Waals surface area contributed by atoms with Gasteiger partial charge in [-0.2, -0.15) is 0 Å². The second-order valence-corrected chi connectivity index (χ2v) is 3.80. The van der Waals surface area contributed by atoms with Crippen LogP contribution < -0.4 is 5.32 Å². The number of hydrogen-bond acceptors (Lipinski definition) is 2. The van der Waals surface area contributed by atoms with E-state index in [4.69, 9.17) is 6.42 Å². The Morgan fingerprint density at radius 3 is 2.50 bits per heavy atom. The van der Waals surface area contributed by atoms with Crippen LogP contribution in [0.5, 0.6) is 0 Å². The highest BCUT2D eigenvalue weighted by atomic mass is 16.2. The third kappa shape index (κ3) is 4.29. The third-order valence-electron chi connectivity index (χ3n) is 2.47. The average Bonchev–Trinajstić information content (AvgIpc) is 2.15. The van der Waals surface area contributed by atoms with Crippen LogP contribution in [0.3, 0.4) is 0 Å². The van der Waals surface area contributed by atoms with Crippen LogP contribution in [-0.4, -0.2) is 37.0 Å². The van der Waals surface area contributed by atoms with Crippen LogP contribution in [0.1, 0.15) is 20.8 Å². The van der Waals surface area contributed by atoms with Crippen molar-refractivity contribution < 1.29 is 4.79 Å². The molecule has 0 bridgehead atoms. The minimum absolute atomic E-state index is 0.0847. The molecule has 0 fully saturated rings. The van der Waals surface area contributed by atoms with Crippen molar-refractivity contribution in [2.45, 2.75) is 26.8 Å². The standard InChI is InChI=1S/C11H20N2O/c1-6-7-12-8-11(14)13(5)10(4)9(2)3/h1,9-10,12H,7-8H2,2-5H3. The average molecular weight is 196 g/mol. The molecule has 1 amide bonds. The first-order valence-corrected chi connectivity index (χ1v) is 4.90. The number of rotatable bonds is 5. The molecule has 0 spiro atoms. The molecule has 80 valence electrons. The van der Waals surface area contributed by atoms with Gasteiger partial charge in [0.15, 0.2) is 0 Å². The number of terminal acetylenes is 1. The normalized spacial score (nSPS) is 12.3. The first kappa shape index (κ1) is 13.0. The molecule has 0 saturated heterocycles. The Morgan fingerprint density at radius 2 is 2.07 bits per heavy atom. The molecule has 3 nitrogen and oxygen atoms in total. The predicted molar refractivity (Wildman–Crippen MR) is 58.8 cm³/mol. The lowest BCUT2D eigenvalue weighted by molar-refractivity contribution is -0.131. The number of hydrogen-bond donors (Lipinski definition) is 1. The highest BCUT2D eigenvalue weighted by Crippen LogP contribution is 2.07. The number of amides is 1. The fourth-order valence-electron chi connectivity index (χ4n) is 1.04. The zero-order valence-electron chi connectivity index (χ0n) is 9.50. The maximum Gasteiger partial charge on any atom is 0.236 e. The van der Waals surface area contributed by atoms with Gasteiger partial charge in [-0.25, -0.2) is 0 Å². The van der Waals surface area contributed by atoms with Gasteiger partial charge in [-0.15, -0.1) is 6.42 Å². The van der Waals surface area contributed by atoms with Gasteiger partial charge in [-0.05, 0) is 12.8 Å². The van der Waals surface area contributed by atoms with Gasteiger partial charge in [0.05, 0.1) is 13.1 Å². The van der Waals surface area contributed by atoms with Crippen molar-refractivity contribution in [2.75, 3.05) is 20.1 Å². The second-order valence-electron chi connectivity index (χ2n) is 3.80. The van der Waals surface area contributed by atoms with Crippen molar-refractivity contribution in [3.05, 3.63) is 0 Å². The topological polar surface area (TPSA) is 32.3 Å². The lowest BCUT2D eigenvalue weighted by Crippen LogP contribution is -2.42. The number of nitrogens with one attached hydrogen (secondary N) is 1. The van der Waals surface area contributed by atoms with E-state index < -0.39 is 0 Å². The van der Waals surface area contributed by atoms with Crippen LogP contribution in [0.4, 0.5) is 0 Å². The van der Waals surface area contributed by atoms with Crippen molar-refractivity contribution in [3.8, 4) is 12.3 Å².